The number of hydrogen-bond acceptors (Lipinski definition) is 6. The number of anilines is 1. The number of benzene rings is 2. The summed E-state index contributed by atoms with van der Waals surface area (Å²) in [7, 11) is 0. The molecule has 1 aliphatic rings. The fraction of sp³-hybridized carbons (Fsp3) is 0.0625. The van der Waals surface area contributed by atoms with E-state index in [1.54, 1.807) is 22.9 Å². The lowest BCUT2D eigenvalue weighted by atomic mass is 10.0. The van der Waals surface area contributed by atoms with Crippen LogP contribution in [-0.2, 0) is 0 Å². The van der Waals surface area contributed by atoms with Crippen LogP contribution in [0.2, 0.25) is 10.0 Å². The molecule has 0 aliphatic carbocycles. The van der Waals surface area contributed by atoms with Crippen molar-refractivity contribution in [3.8, 4) is 0 Å². The van der Waals surface area contributed by atoms with E-state index in [1.165, 1.54) is 12.1 Å². The first-order chi connectivity index (χ1) is 12.5. The van der Waals surface area contributed by atoms with Gasteiger partial charge in [-0.05, 0) is 45.8 Å². The largest absolute Gasteiger partial charge is 0.323 e. The summed E-state index contributed by atoms with van der Waals surface area (Å²) in [6.45, 7) is 0. The topological polar surface area (TPSA) is 98.8 Å². The summed E-state index contributed by atoms with van der Waals surface area (Å²) in [5.41, 5.74) is 2.13. The van der Waals surface area contributed by atoms with Gasteiger partial charge in [0.05, 0.1) is 4.92 Å². The van der Waals surface area contributed by atoms with Gasteiger partial charge in [0.15, 0.2) is 0 Å². The first kappa shape index (κ1) is 16.5. The van der Waals surface area contributed by atoms with Gasteiger partial charge in [0, 0.05) is 16.8 Å². The molecule has 8 nitrogen and oxygen atoms in total. The summed E-state index contributed by atoms with van der Waals surface area (Å²) in [5, 5.41) is 26.7. The molecule has 0 saturated heterocycles. The van der Waals surface area contributed by atoms with Gasteiger partial charge in [-0.25, -0.2) is 0 Å². The summed E-state index contributed by atoms with van der Waals surface area (Å²) in [5.74, 6) is 0.431. The molecular formula is C16H10Cl2N6O2. The molecule has 2 heterocycles. The summed E-state index contributed by atoms with van der Waals surface area (Å²) in [6, 6.07) is 11.5. The van der Waals surface area contributed by atoms with Crippen molar-refractivity contribution >= 4 is 40.5 Å². The van der Waals surface area contributed by atoms with Crippen LogP contribution in [0.4, 0.5) is 11.6 Å². The van der Waals surface area contributed by atoms with E-state index in [2.05, 4.69) is 20.8 Å². The van der Waals surface area contributed by atoms with Gasteiger partial charge in [-0.2, -0.15) is 4.68 Å². The molecule has 0 fully saturated rings. The molecule has 1 N–H and O–H groups in total. The van der Waals surface area contributed by atoms with Crippen molar-refractivity contribution < 1.29 is 4.92 Å². The lowest BCUT2D eigenvalue weighted by molar-refractivity contribution is -0.384. The van der Waals surface area contributed by atoms with Crippen LogP contribution < -0.4 is 5.32 Å². The predicted molar refractivity (Wildman–Crippen MR) is 97.1 cm³/mol. The zero-order chi connectivity index (χ0) is 18.3. The molecule has 3 aromatic rings. The van der Waals surface area contributed by atoms with Crippen molar-refractivity contribution in [2.45, 2.75) is 6.04 Å². The normalized spacial score (nSPS) is 15.8. The second-order valence-electron chi connectivity index (χ2n) is 5.57. The molecule has 130 valence electrons. The van der Waals surface area contributed by atoms with E-state index < -0.39 is 11.0 Å². The lowest BCUT2D eigenvalue weighted by Gasteiger charge is -2.23. The minimum absolute atomic E-state index is 0.0755. The lowest BCUT2D eigenvalue weighted by Crippen LogP contribution is -2.20. The highest BCUT2D eigenvalue weighted by Crippen LogP contribution is 2.35. The number of aromatic nitrogens is 4. The second kappa shape index (κ2) is 6.40. The van der Waals surface area contributed by atoms with Gasteiger partial charge in [-0.3, -0.25) is 10.1 Å². The standard InChI is InChI=1S/C16H10Cl2N6O2/c17-11-4-1-9(2-5-11)13-8-14(23-16(19-13)20-21-22-23)10-3-6-12(18)15(7-10)24(25)26/h1-8,14H,(H,19,20,22)/t14-/m1/s1. The molecule has 26 heavy (non-hydrogen) atoms. The first-order valence-electron chi connectivity index (χ1n) is 7.49. The van der Waals surface area contributed by atoms with E-state index in [-0.39, 0.29) is 10.7 Å². The van der Waals surface area contributed by atoms with Gasteiger partial charge < -0.3 is 5.32 Å². The monoisotopic (exact) mass is 388 g/mol. The van der Waals surface area contributed by atoms with E-state index in [0.717, 1.165) is 11.3 Å². The molecule has 4 rings (SSSR count). The number of fused-ring (bicyclic) bond motifs is 1. The van der Waals surface area contributed by atoms with E-state index in [9.17, 15) is 10.1 Å². The summed E-state index contributed by atoms with van der Waals surface area (Å²) >= 11 is 11.9. The number of allylic oxidation sites excluding steroid dienone is 1. The maximum absolute atomic E-state index is 11.2. The zero-order valence-corrected chi connectivity index (χ0v) is 14.5. The van der Waals surface area contributed by atoms with Crippen LogP contribution in [0, 0.1) is 10.1 Å². The summed E-state index contributed by atoms with van der Waals surface area (Å²) < 4.78 is 1.55. The number of halogens is 2. The highest BCUT2D eigenvalue weighted by atomic mass is 35.5. The molecule has 1 aliphatic heterocycles. The van der Waals surface area contributed by atoms with Gasteiger partial charge in [0.1, 0.15) is 11.1 Å². The Morgan fingerprint density at radius 3 is 2.65 bits per heavy atom. The quantitative estimate of drug-likeness (QED) is 0.538. The molecule has 0 saturated carbocycles. The van der Waals surface area contributed by atoms with Crippen molar-refractivity contribution in [2.24, 2.45) is 0 Å². The molecule has 1 atom stereocenters. The Morgan fingerprint density at radius 2 is 1.92 bits per heavy atom. The van der Waals surface area contributed by atoms with E-state index >= 15 is 0 Å². The second-order valence-corrected chi connectivity index (χ2v) is 6.42. The third-order valence-corrected chi connectivity index (χ3v) is 4.56. The Hall–Kier alpha value is -2.97. The van der Waals surface area contributed by atoms with Crippen LogP contribution in [0.3, 0.4) is 0 Å². The number of nitrogens with zero attached hydrogens (tertiary/aromatic N) is 5. The number of nitrogens with one attached hydrogen (secondary N) is 1. The summed E-state index contributed by atoms with van der Waals surface area (Å²) in [4.78, 5) is 10.7. The highest BCUT2D eigenvalue weighted by Gasteiger charge is 2.26. The van der Waals surface area contributed by atoms with Crippen LogP contribution in [0.15, 0.2) is 48.5 Å². The predicted octanol–water partition coefficient (Wildman–Crippen LogP) is 3.94. The third kappa shape index (κ3) is 2.89. The van der Waals surface area contributed by atoms with Crippen LogP contribution in [0.1, 0.15) is 17.2 Å². The maximum Gasteiger partial charge on any atom is 0.288 e. The van der Waals surface area contributed by atoms with Crippen molar-refractivity contribution in [2.75, 3.05) is 5.32 Å². The maximum atomic E-state index is 11.2. The van der Waals surface area contributed by atoms with Gasteiger partial charge in [-0.15, -0.1) is 0 Å². The smallest absolute Gasteiger partial charge is 0.288 e. The molecule has 0 amide bonds. The van der Waals surface area contributed by atoms with Gasteiger partial charge >= 0.3 is 0 Å². The highest BCUT2D eigenvalue weighted by molar-refractivity contribution is 6.32. The van der Waals surface area contributed by atoms with Crippen LogP contribution in [0.25, 0.3) is 5.70 Å². The average molecular weight is 389 g/mol. The Bertz CT molecular complexity index is 1030. The van der Waals surface area contributed by atoms with E-state index in [0.29, 0.717) is 16.5 Å². The van der Waals surface area contributed by atoms with E-state index in [4.69, 9.17) is 23.2 Å². The number of tetrazole rings is 1. The fourth-order valence-corrected chi connectivity index (χ4v) is 3.06. The van der Waals surface area contributed by atoms with Gasteiger partial charge in [-0.1, -0.05) is 46.5 Å². The Balaban J connectivity index is 1.82. The number of hydrogen-bond donors (Lipinski definition) is 1. The Labute approximate surface area is 157 Å². The van der Waals surface area contributed by atoms with E-state index in [1.807, 2.05) is 18.2 Å². The van der Waals surface area contributed by atoms with Crippen LogP contribution in [-0.4, -0.2) is 25.1 Å². The fourth-order valence-electron chi connectivity index (χ4n) is 2.74. The van der Waals surface area contributed by atoms with Crippen LogP contribution in [0.5, 0.6) is 0 Å². The van der Waals surface area contributed by atoms with Crippen molar-refractivity contribution in [3.05, 3.63) is 79.8 Å². The molecule has 0 spiro atoms. The summed E-state index contributed by atoms with van der Waals surface area (Å²) in [6.07, 6.45) is 1.89. The molecule has 0 radical (unpaired) electrons. The van der Waals surface area contributed by atoms with Crippen LogP contribution >= 0.6 is 23.2 Å². The Morgan fingerprint density at radius 1 is 1.15 bits per heavy atom. The van der Waals surface area contributed by atoms with Crippen molar-refractivity contribution in [1.29, 1.82) is 0 Å². The van der Waals surface area contributed by atoms with Crippen molar-refractivity contribution in [3.63, 3.8) is 0 Å². The third-order valence-electron chi connectivity index (χ3n) is 3.99. The molecule has 10 heteroatoms. The molecule has 2 aromatic carbocycles. The zero-order valence-electron chi connectivity index (χ0n) is 13.0. The molecular weight excluding hydrogens is 379 g/mol. The average Bonchev–Trinajstić information content (AvgIpc) is 3.10. The Kier molecular flexibility index (Phi) is 4.06. The SMILES string of the molecule is O=[N+]([O-])c1cc([C@H]2C=C(c3ccc(Cl)cc3)Nc3nnnn32)ccc1Cl. The van der Waals surface area contributed by atoms with Crippen molar-refractivity contribution in [1.82, 2.24) is 20.2 Å². The van der Waals surface area contributed by atoms with Gasteiger partial charge in [0.25, 0.3) is 5.69 Å². The number of rotatable bonds is 3. The first-order valence-corrected chi connectivity index (χ1v) is 8.25. The number of nitro groups is 1. The minimum atomic E-state index is -0.517. The number of nitro benzene ring substituents is 1. The molecule has 1 aromatic heterocycles. The molecule has 0 unspecified atom stereocenters. The molecule has 0 bridgehead atoms. The van der Waals surface area contributed by atoms with Gasteiger partial charge in [0.2, 0.25) is 5.95 Å². The minimum Gasteiger partial charge on any atom is -0.323 e.